The molecule has 0 radical (unpaired) electrons. The summed E-state index contributed by atoms with van der Waals surface area (Å²) in [6.07, 6.45) is 1.57. The van der Waals surface area contributed by atoms with Crippen LogP contribution in [0.3, 0.4) is 0 Å². The maximum Gasteiger partial charge on any atom is 0.306 e. The highest BCUT2D eigenvalue weighted by Gasteiger charge is 2.34. The standard InChI is InChI=1S/C24H17NO6/c1-29-20(28)10-15-14-8-5-9-25-24(14)31-19-12-17(27)22-16(26)11-18(30-23(22)21(15)19)13-6-3-2-4-7-13/h2-9,11-12,15,27H,10H2,1H3/t15-/m1/s1. The number of phenolic OH excluding ortho intramolecular Hbond substituents is 1. The van der Waals surface area contributed by atoms with E-state index in [2.05, 4.69) is 4.98 Å². The number of methoxy groups -OCH3 is 1. The largest absolute Gasteiger partial charge is 0.507 e. The average Bonchev–Trinajstić information content (AvgIpc) is 2.78. The SMILES string of the molecule is COC(=O)C[C@@H]1c2cccnc2Oc2cc(O)c3c(=O)cc(-c4ccccc4)oc3c21. The number of aromatic nitrogens is 1. The number of phenols is 1. The molecule has 0 amide bonds. The second kappa shape index (κ2) is 7.28. The molecule has 5 rings (SSSR count). The van der Waals surface area contributed by atoms with Gasteiger partial charge in [0.2, 0.25) is 5.88 Å². The molecule has 7 nitrogen and oxygen atoms in total. The van der Waals surface area contributed by atoms with Gasteiger partial charge in [0.25, 0.3) is 0 Å². The van der Waals surface area contributed by atoms with Gasteiger partial charge in [-0.2, -0.15) is 0 Å². The number of pyridine rings is 1. The van der Waals surface area contributed by atoms with Crippen LogP contribution in [0.1, 0.15) is 23.5 Å². The highest BCUT2D eigenvalue weighted by molar-refractivity contribution is 5.91. The van der Waals surface area contributed by atoms with E-state index in [1.165, 1.54) is 19.2 Å². The van der Waals surface area contributed by atoms with Crippen LogP contribution in [0.5, 0.6) is 17.4 Å². The maximum absolute atomic E-state index is 12.9. The van der Waals surface area contributed by atoms with E-state index in [1.54, 1.807) is 18.3 Å². The first-order valence-corrected chi connectivity index (χ1v) is 9.65. The maximum atomic E-state index is 12.9. The topological polar surface area (TPSA) is 98.9 Å². The van der Waals surface area contributed by atoms with Crippen molar-refractivity contribution < 1.29 is 23.8 Å². The van der Waals surface area contributed by atoms with Crippen molar-refractivity contribution in [2.45, 2.75) is 12.3 Å². The number of rotatable bonds is 3. The van der Waals surface area contributed by atoms with Crippen LogP contribution in [0.4, 0.5) is 0 Å². The Morgan fingerprint density at radius 1 is 1.16 bits per heavy atom. The summed E-state index contributed by atoms with van der Waals surface area (Å²) in [5.41, 5.74) is 1.65. The van der Waals surface area contributed by atoms with Crippen molar-refractivity contribution in [3.63, 3.8) is 0 Å². The zero-order valence-electron chi connectivity index (χ0n) is 16.5. The predicted octanol–water partition coefficient (Wildman–Crippen LogP) is 4.36. The van der Waals surface area contributed by atoms with Gasteiger partial charge in [-0.15, -0.1) is 0 Å². The van der Waals surface area contributed by atoms with Crippen molar-refractivity contribution in [3.05, 3.63) is 82.1 Å². The summed E-state index contributed by atoms with van der Waals surface area (Å²) >= 11 is 0. The van der Waals surface area contributed by atoms with E-state index in [-0.39, 0.29) is 28.9 Å². The number of nitrogens with zero attached hydrogens (tertiary/aromatic N) is 1. The molecule has 0 unspecified atom stereocenters. The summed E-state index contributed by atoms with van der Waals surface area (Å²) in [4.78, 5) is 29.4. The molecule has 31 heavy (non-hydrogen) atoms. The van der Waals surface area contributed by atoms with Crippen molar-refractivity contribution in [1.82, 2.24) is 4.98 Å². The summed E-state index contributed by atoms with van der Waals surface area (Å²) in [6.45, 7) is 0. The Bertz CT molecular complexity index is 1380. The highest BCUT2D eigenvalue weighted by atomic mass is 16.5. The number of benzene rings is 2. The molecule has 3 heterocycles. The Hall–Kier alpha value is -4.13. The Morgan fingerprint density at radius 2 is 1.97 bits per heavy atom. The normalized spacial score (nSPS) is 14.4. The molecule has 1 aliphatic rings. The molecule has 2 aromatic heterocycles. The van der Waals surface area contributed by atoms with Crippen LogP contribution >= 0.6 is 0 Å². The van der Waals surface area contributed by atoms with E-state index < -0.39 is 17.3 Å². The Balaban J connectivity index is 1.83. The first-order valence-electron chi connectivity index (χ1n) is 9.65. The lowest BCUT2D eigenvalue weighted by atomic mass is 9.85. The van der Waals surface area contributed by atoms with Crippen LogP contribution in [-0.2, 0) is 9.53 Å². The number of ether oxygens (including phenoxy) is 2. The number of esters is 1. The molecule has 0 saturated heterocycles. The molecule has 1 aliphatic heterocycles. The van der Waals surface area contributed by atoms with Crippen molar-refractivity contribution in [2.24, 2.45) is 0 Å². The minimum absolute atomic E-state index is 0.00922. The molecule has 2 aromatic carbocycles. The third-order valence-corrected chi connectivity index (χ3v) is 5.37. The predicted molar refractivity (Wildman–Crippen MR) is 112 cm³/mol. The molecule has 1 atom stereocenters. The molecule has 0 spiro atoms. The number of fused-ring (bicyclic) bond motifs is 4. The molecular weight excluding hydrogens is 398 g/mol. The Labute approximate surface area is 176 Å². The van der Waals surface area contributed by atoms with E-state index in [9.17, 15) is 14.7 Å². The number of carbonyl (C=O) groups excluding carboxylic acids is 1. The summed E-state index contributed by atoms with van der Waals surface area (Å²) < 4.78 is 17.0. The lowest BCUT2D eigenvalue weighted by molar-refractivity contribution is -0.140. The summed E-state index contributed by atoms with van der Waals surface area (Å²) in [5.74, 6) is -0.284. The van der Waals surface area contributed by atoms with Crippen molar-refractivity contribution >= 4 is 16.9 Å². The van der Waals surface area contributed by atoms with E-state index in [1.807, 2.05) is 30.3 Å². The lowest BCUT2D eigenvalue weighted by Gasteiger charge is -2.27. The molecule has 0 aliphatic carbocycles. The average molecular weight is 415 g/mol. The van der Waals surface area contributed by atoms with Crippen molar-refractivity contribution in [3.8, 4) is 28.7 Å². The van der Waals surface area contributed by atoms with Gasteiger partial charge in [0, 0.05) is 40.9 Å². The van der Waals surface area contributed by atoms with Gasteiger partial charge in [0.15, 0.2) is 5.43 Å². The van der Waals surface area contributed by atoms with Gasteiger partial charge in [-0.3, -0.25) is 9.59 Å². The van der Waals surface area contributed by atoms with Gasteiger partial charge < -0.3 is 19.0 Å². The van der Waals surface area contributed by atoms with Crippen LogP contribution in [0, 0.1) is 0 Å². The van der Waals surface area contributed by atoms with E-state index in [0.29, 0.717) is 28.3 Å². The zero-order valence-corrected chi connectivity index (χ0v) is 16.5. The fourth-order valence-electron chi connectivity index (χ4n) is 3.95. The van der Waals surface area contributed by atoms with Crippen LogP contribution < -0.4 is 10.2 Å². The molecule has 154 valence electrons. The van der Waals surface area contributed by atoms with Gasteiger partial charge in [0.1, 0.15) is 28.2 Å². The molecule has 0 saturated carbocycles. The van der Waals surface area contributed by atoms with Crippen LogP contribution in [0.25, 0.3) is 22.3 Å². The molecule has 0 fully saturated rings. The molecule has 1 N–H and O–H groups in total. The molecule has 7 heteroatoms. The minimum Gasteiger partial charge on any atom is -0.507 e. The summed E-state index contributed by atoms with van der Waals surface area (Å²) in [7, 11) is 1.31. The third-order valence-electron chi connectivity index (χ3n) is 5.37. The third kappa shape index (κ3) is 3.11. The molecular formula is C24H17NO6. The van der Waals surface area contributed by atoms with Crippen LogP contribution in [0.15, 0.2) is 70.0 Å². The van der Waals surface area contributed by atoms with Crippen molar-refractivity contribution in [2.75, 3.05) is 7.11 Å². The zero-order chi connectivity index (χ0) is 21.5. The summed E-state index contributed by atoms with van der Waals surface area (Å²) in [6, 6.07) is 15.4. The van der Waals surface area contributed by atoms with Gasteiger partial charge in [-0.1, -0.05) is 36.4 Å². The second-order valence-electron chi connectivity index (χ2n) is 7.19. The fourth-order valence-corrected chi connectivity index (χ4v) is 3.95. The van der Waals surface area contributed by atoms with Crippen LogP contribution in [-0.4, -0.2) is 23.2 Å². The molecule has 0 bridgehead atoms. The minimum atomic E-state index is -0.530. The Kier molecular flexibility index (Phi) is 4.43. The fraction of sp³-hybridized carbons (Fsp3) is 0.125. The summed E-state index contributed by atoms with van der Waals surface area (Å²) in [5, 5.41) is 10.6. The highest BCUT2D eigenvalue weighted by Crippen LogP contribution is 2.49. The molecule has 4 aromatic rings. The monoisotopic (exact) mass is 415 g/mol. The number of hydrogen-bond donors (Lipinski definition) is 1. The smallest absolute Gasteiger partial charge is 0.306 e. The van der Waals surface area contributed by atoms with E-state index in [0.717, 1.165) is 0 Å². The number of hydrogen-bond acceptors (Lipinski definition) is 7. The van der Waals surface area contributed by atoms with E-state index in [4.69, 9.17) is 13.9 Å². The quantitative estimate of drug-likeness (QED) is 0.496. The van der Waals surface area contributed by atoms with Crippen LogP contribution in [0.2, 0.25) is 0 Å². The van der Waals surface area contributed by atoms with E-state index >= 15 is 0 Å². The van der Waals surface area contributed by atoms with Crippen molar-refractivity contribution in [1.29, 1.82) is 0 Å². The second-order valence-corrected chi connectivity index (χ2v) is 7.19. The first kappa shape index (κ1) is 18.9. The van der Waals surface area contributed by atoms with Gasteiger partial charge in [0.05, 0.1) is 13.5 Å². The van der Waals surface area contributed by atoms with Gasteiger partial charge >= 0.3 is 5.97 Å². The van der Waals surface area contributed by atoms with Gasteiger partial charge in [-0.25, -0.2) is 4.98 Å². The Morgan fingerprint density at radius 3 is 2.74 bits per heavy atom. The number of carbonyl (C=O) groups is 1. The number of aromatic hydroxyl groups is 1. The lowest BCUT2D eigenvalue weighted by Crippen LogP contribution is -2.17. The first-order chi connectivity index (χ1) is 15.1. The van der Waals surface area contributed by atoms with Gasteiger partial charge in [-0.05, 0) is 6.07 Å².